The number of rotatable bonds is 4. The van der Waals surface area contributed by atoms with Gasteiger partial charge in [0.1, 0.15) is 5.75 Å². The number of hydrogen-bond donors (Lipinski definition) is 1. The van der Waals surface area contributed by atoms with E-state index in [1.165, 1.54) is 0 Å². The van der Waals surface area contributed by atoms with Crippen LogP contribution in [0.1, 0.15) is 17.9 Å². The van der Waals surface area contributed by atoms with Gasteiger partial charge in [0.15, 0.2) is 11.5 Å². The van der Waals surface area contributed by atoms with Crippen molar-refractivity contribution in [2.45, 2.75) is 12.3 Å². The number of carbonyl (C=O) groups excluding carboxylic acids is 1. The van der Waals surface area contributed by atoms with Crippen molar-refractivity contribution in [1.82, 2.24) is 5.32 Å². The maximum absolute atomic E-state index is 11.6. The smallest absolute Gasteiger partial charge is 0.220 e. The van der Waals surface area contributed by atoms with E-state index in [2.05, 4.69) is 5.32 Å². The molecule has 0 aliphatic carbocycles. The molecule has 0 saturated carbocycles. The average molecular weight is 333 g/mol. The molecule has 1 heterocycles. The minimum absolute atomic E-state index is 0.0862. The van der Waals surface area contributed by atoms with Crippen LogP contribution in [0.4, 0.5) is 0 Å². The summed E-state index contributed by atoms with van der Waals surface area (Å²) in [6.45, 7) is 0.647. The van der Waals surface area contributed by atoms with Gasteiger partial charge >= 0.3 is 0 Å². The van der Waals surface area contributed by atoms with Gasteiger partial charge in [-0.3, -0.25) is 4.79 Å². The summed E-state index contributed by atoms with van der Waals surface area (Å²) in [6, 6.07) is 19.9. The van der Waals surface area contributed by atoms with Crippen LogP contribution >= 0.6 is 0 Å². The maximum atomic E-state index is 11.6. The highest BCUT2D eigenvalue weighted by molar-refractivity contribution is 5.90. The van der Waals surface area contributed by atoms with Crippen molar-refractivity contribution in [3.8, 4) is 17.2 Å². The molecule has 1 N–H and O–H groups in total. The Morgan fingerprint density at radius 2 is 1.76 bits per heavy atom. The van der Waals surface area contributed by atoms with Gasteiger partial charge in [0, 0.05) is 29.8 Å². The van der Waals surface area contributed by atoms with Crippen LogP contribution in [0.2, 0.25) is 0 Å². The molecular formula is C21H19NO3. The average Bonchev–Trinajstić information content (AvgIpc) is 3.08. The van der Waals surface area contributed by atoms with E-state index in [4.69, 9.17) is 9.47 Å². The molecule has 1 atom stereocenters. The first-order chi connectivity index (χ1) is 12.3. The van der Waals surface area contributed by atoms with Crippen molar-refractivity contribution in [1.29, 1.82) is 0 Å². The van der Waals surface area contributed by atoms with E-state index < -0.39 is 0 Å². The SMILES string of the molecule is COc1c(Oc2ccccc2C2CNC(=O)C2)ccc2ccccc12. The summed E-state index contributed by atoms with van der Waals surface area (Å²) in [6.07, 6.45) is 0.495. The molecule has 3 aromatic carbocycles. The fourth-order valence-electron chi connectivity index (χ4n) is 3.37. The molecule has 1 unspecified atom stereocenters. The topological polar surface area (TPSA) is 47.6 Å². The van der Waals surface area contributed by atoms with Gasteiger partial charge in [0.2, 0.25) is 5.91 Å². The van der Waals surface area contributed by atoms with Gasteiger partial charge in [0.05, 0.1) is 7.11 Å². The first-order valence-corrected chi connectivity index (χ1v) is 8.35. The number of fused-ring (bicyclic) bond motifs is 1. The summed E-state index contributed by atoms with van der Waals surface area (Å²) in [5.74, 6) is 2.37. The van der Waals surface area contributed by atoms with Gasteiger partial charge in [-0.2, -0.15) is 0 Å². The van der Waals surface area contributed by atoms with Crippen molar-refractivity contribution in [2.75, 3.05) is 13.7 Å². The Kier molecular flexibility index (Phi) is 4.02. The van der Waals surface area contributed by atoms with E-state index in [9.17, 15) is 4.79 Å². The third-order valence-corrected chi connectivity index (χ3v) is 4.60. The lowest BCUT2D eigenvalue weighted by molar-refractivity contribution is -0.119. The predicted octanol–water partition coefficient (Wildman–Crippen LogP) is 4.24. The summed E-state index contributed by atoms with van der Waals surface area (Å²) in [4.78, 5) is 11.6. The van der Waals surface area contributed by atoms with Crippen molar-refractivity contribution in [2.24, 2.45) is 0 Å². The molecule has 3 aromatic rings. The highest BCUT2D eigenvalue weighted by Crippen LogP contribution is 2.40. The van der Waals surface area contributed by atoms with Gasteiger partial charge in [-0.1, -0.05) is 48.5 Å². The van der Waals surface area contributed by atoms with Crippen molar-refractivity contribution >= 4 is 16.7 Å². The monoisotopic (exact) mass is 333 g/mol. The largest absolute Gasteiger partial charge is 0.492 e. The molecule has 4 nitrogen and oxygen atoms in total. The molecule has 25 heavy (non-hydrogen) atoms. The molecule has 126 valence electrons. The van der Waals surface area contributed by atoms with Crippen LogP contribution in [-0.4, -0.2) is 19.6 Å². The molecule has 0 aromatic heterocycles. The number of para-hydroxylation sites is 1. The number of benzene rings is 3. The summed E-state index contributed by atoms with van der Waals surface area (Å²) in [7, 11) is 1.65. The van der Waals surface area contributed by atoms with Gasteiger partial charge in [-0.05, 0) is 17.5 Å². The Bertz CT molecular complexity index is 935. The Morgan fingerprint density at radius 1 is 0.960 bits per heavy atom. The van der Waals surface area contributed by atoms with E-state index in [0.717, 1.165) is 22.1 Å². The fraction of sp³-hybridized carbons (Fsp3) is 0.190. The van der Waals surface area contributed by atoms with Crippen LogP contribution in [0, 0.1) is 0 Å². The lowest BCUT2D eigenvalue weighted by Gasteiger charge is -2.17. The zero-order valence-corrected chi connectivity index (χ0v) is 14.0. The van der Waals surface area contributed by atoms with Crippen molar-refractivity contribution in [3.05, 3.63) is 66.2 Å². The molecule has 0 radical (unpaired) electrons. The van der Waals surface area contributed by atoms with Crippen molar-refractivity contribution < 1.29 is 14.3 Å². The molecule has 0 spiro atoms. The van der Waals surface area contributed by atoms with E-state index in [-0.39, 0.29) is 11.8 Å². The van der Waals surface area contributed by atoms with Gasteiger partial charge in [0.25, 0.3) is 0 Å². The van der Waals surface area contributed by atoms with Gasteiger partial charge < -0.3 is 14.8 Å². The molecule has 1 fully saturated rings. The highest BCUT2D eigenvalue weighted by atomic mass is 16.5. The quantitative estimate of drug-likeness (QED) is 0.777. The third kappa shape index (κ3) is 2.91. The Labute approximate surface area is 146 Å². The number of amides is 1. The molecule has 1 saturated heterocycles. The molecule has 1 aliphatic heterocycles. The van der Waals surface area contributed by atoms with E-state index >= 15 is 0 Å². The minimum atomic E-state index is 0.0862. The molecule has 0 bridgehead atoms. The van der Waals surface area contributed by atoms with E-state index in [1.807, 2.05) is 60.7 Å². The fourth-order valence-corrected chi connectivity index (χ4v) is 3.37. The molecule has 4 heteroatoms. The maximum Gasteiger partial charge on any atom is 0.220 e. The Balaban J connectivity index is 1.74. The third-order valence-electron chi connectivity index (χ3n) is 4.60. The van der Waals surface area contributed by atoms with E-state index in [0.29, 0.717) is 24.5 Å². The first kappa shape index (κ1) is 15.5. The summed E-state index contributed by atoms with van der Waals surface area (Å²) in [5, 5.41) is 5.00. The zero-order valence-electron chi connectivity index (χ0n) is 14.0. The molecule has 4 rings (SSSR count). The predicted molar refractivity (Wildman–Crippen MR) is 97.4 cm³/mol. The minimum Gasteiger partial charge on any atom is -0.492 e. The Morgan fingerprint density at radius 3 is 2.56 bits per heavy atom. The molecule has 1 amide bonds. The second-order valence-corrected chi connectivity index (χ2v) is 6.16. The van der Waals surface area contributed by atoms with Crippen molar-refractivity contribution in [3.63, 3.8) is 0 Å². The number of methoxy groups -OCH3 is 1. The standard InChI is InChI=1S/C21H19NO3/c1-24-21-17-8-3-2-6-14(17)10-11-19(21)25-18-9-5-4-7-16(18)15-12-20(23)22-13-15/h2-11,15H,12-13H2,1H3,(H,22,23). The summed E-state index contributed by atoms with van der Waals surface area (Å²) >= 11 is 0. The number of carbonyl (C=O) groups is 1. The lowest BCUT2D eigenvalue weighted by Crippen LogP contribution is -2.13. The summed E-state index contributed by atoms with van der Waals surface area (Å²) in [5.41, 5.74) is 1.04. The van der Waals surface area contributed by atoms with Gasteiger partial charge in [-0.25, -0.2) is 0 Å². The van der Waals surface area contributed by atoms with Crippen LogP contribution in [0.25, 0.3) is 10.8 Å². The Hall–Kier alpha value is -3.01. The lowest BCUT2D eigenvalue weighted by atomic mass is 9.97. The first-order valence-electron chi connectivity index (χ1n) is 8.35. The molecular weight excluding hydrogens is 314 g/mol. The number of nitrogens with one attached hydrogen (secondary N) is 1. The van der Waals surface area contributed by atoms with Gasteiger partial charge in [-0.15, -0.1) is 0 Å². The number of hydrogen-bond acceptors (Lipinski definition) is 3. The van der Waals surface area contributed by atoms with Crippen LogP contribution in [-0.2, 0) is 4.79 Å². The van der Waals surface area contributed by atoms with Crippen LogP contribution in [0.5, 0.6) is 17.2 Å². The number of ether oxygens (including phenoxy) is 2. The second kappa shape index (κ2) is 6.48. The zero-order chi connectivity index (χ0) is 17.2. The van der Waals surface area contributed by atoms with Crippen LogP contribution < -0.4 is 14.8 Å². The summed E-state index contributed by atoms with van der Waals surface area (Å²) < 4.78 is 11.8. The normalized spacial score (nSPS) is 16.7. The highest BCUT2D eigenvalue weighted by Gasteiger charge is 2.26. The van der Waals surface area contributed by atoms with Crippen LogP contribution in [0.15, 0.2) is 60.7 Å². The second-order valence-electron chi connectivity index (χ2n) is 6.16. The molecule has 1 aliphatic rings. The van der Waals surface area contributed by atoms with Crippen LogP contribution in [0.3, 0.4) is 0 Å². The van der Waals surface area contributed by atoms with E-state index in [1.54, 1.807) is 7.11 Å².